The minimum absolute atomic E-state index is 0.120. The van der Waals surface area contributed by atoms with E-state index < -0.39 is 12.1 Å². The summed E-state index contributed by atoms with van der Waals surface area (Å²) in [5.41, 5.74) is 2.83. The number of hydrogen-bond donors (Lipinski definition) is 3. The van der Waals surface area contributed by atoms with Gasteiger partial charge in [-0.15, -0.1) is 0 Å². The summed E-state index contributed by atoms with van der Waals surface area (Å²) in [5.74, 6) is 0.439. The number of aryl methyl sites for hydroxylation is 1. The van der Waals surface area contributed by atoms with Crippen molar-refractivity contribution in [2.24, 2.45) is 0 Å². The van der Waals surface area contributed by atoms with E-state index in [2.05, 4.69) is 22.9 Å². The molecule has 0 spiro atoms. The van der Waals surface area contributed by atoms with Crippen LogP contribution in [0.15, 0.2) is 48.5 Å². The van der Waals surface area contributed by atoms with Crippen LogP contribution in [0.3, 0.4) is 0 Å². The van der Waals surface area contributed by atoms with E-state index in [1.54, 1.807) is 12.0 Å². The lowest BCUT2D eigenvalue weighted by Crippen LogP contribution is -2.61. The molecule has 2 aromatic carbocycles. The number of methoxy groups -OCH3 is 1. The van der Waals surface area contributed by atoms with Crippen LogP contribution in [0.1, 0.15) is 24.5 Å². The molecule has 4 rings (SSSR count). The van der Waals surface area contributed by atoms with Gasteiger partial charge in [0.1, 0.15) is 17.8 Å². The molecule has 3 N–H and O–H groups in total. The first-order valence-corrected chi connectivity index (χ1v) is 10.9. The zero-order valence-corrected chi connectivity index (χ0v) is 18.3. The number of ether oxygens (including phenoxy) is 1. The van der Waals surface area contributed by atoms with Crippen molar-refractivity contribution in [3.8, 4) is 5.75 Å². The van der Waals surface area contributed by atoms with Gasteiger partial charge in [0.05, 0.1) is 13.2 Å². The normalized spacial score (nSPS) is 22.2. The van der Waals surface area contributed by atoms with Crippen molar-refractivity contribution < 1.29 is 19.1 Å². The van der Waals surface area contributed by atoms with Gasteiger partial charge in [0, 0.05) is 18.7 Å². The van der Waals surface area contributed by atoms with E-state index in [4.69, 9.17) is 4.74 Å². The summed E-state index contributed by atoms with van der Waals surface area (Å²) in [6.07, 6.45) is 1.74. The molecule has 2 heterocycles. The topological polar surface area (TPSA) is 99.8 Å². The van der Waals surface area contributed by atoms with Crippen molar-refractivity contribution in [2.75, 3.05) is 19.0 Å². The third-order valence-electron chi connectivity index (χ3n) is 6.06. The minimum Gasteiger partial charge on any atom is -0.497 e. The number of rotatable bonds is 6. The molecule has 2 aliphatic heterocycles. The van der Waals surface area contributed by atoms with E-state index >= 15 is 0 Å². The summed E-state index contributed by atoms with van der Waals surface area (Å²) in [6, 6.07) is 13.3. The van der Waals surface area contributed by atoms with Crippen molar-refractivity contribution in [1.82, 2.24) is 15.5 Å². The SMILES string of the molecule is CCc1ccc(NC(=O)N[C@H]2C[C@H]3C(=O)N[C@@H](Cc4ccc(OC)cc4)C(=O)N3C2)cc1. The van der Waals surface area contributed by atoms with Crippen LogP contribution in [0.4, 0.5) is 10.5 Å². The summed E-state index contributed by atoms with van der Waals surface area (Å²) >= 11 is 0. The molecule has 0 aliphatic carbocycles. The lowest BCUT2D eigenvalue weighted by Gasteiger charge is -2.34. The Morgan fingerprint density at radius 2 is 1.78 bits per heavy atom. The Morgan fingerprint density at radius 1 is 1.09 bits per heavy atom. The van der Waals surface area contributed by atoms with Gasteiger partial charge in [-0.1, -0.05) is 31.2 Å². The summed E-state index contributed by atoms with van der Waals surface area (Å²) in [5, 5.41) is 8.55. The highest BCUT2D eigenvalue weighted by Gasteiger charge is 2.46. The first-order valence-electron chi connectivity index (χ1n) is 10.9. The van der Waals surface area contributed by atoms with Gasteiger partial charge in [0.25, 0.3) is 0 Å². The van der Waals surface area contributed by atoms with Gasteiger partial charge in [0.15, 0.2) is 0 Å². The fourth-order valence-electron chi connectivity index (χ4n) is 4.27. The lowest BCUT2D eigenvalue weighted by molar-refractivity contribution is -0.147. The van der Waals surface area contributed by atoms with E-state index in [0.717, 1.165) is 17.7 Å². The second-order valence-electron chi connectivity index (χ2n) is 8.20. The minimum atomic E-state index is -0.614. The third-order valence-corrected chi connectivity index (χ3v) is 6.06. The number of urea groups is 1. The summed E-state index contributed by atoms with van der Waals surface area (Å²) in [4.78, 5) is 39.7. The molecule has 2 aromatic rings. The molecule has 2 saturated heterocycles. The van der Waals surface area contributed by atoms with Gasteiger partial charge in [-0.25, -0.2) is 4.79 Å². The van der Waals surface area contributed by atoms with Crippen molar-refractivity contribution in [1.29, 1.82) is 0 Å². The van der Waals surface area contributed by atoms with Crippen molar-refractivity contribution >= 4 is 23.5 Å². The maximum Gasteiger partial charge on any atom is 0.319 e. The molecular weight excluding hydrogens is 408 g/mol. The van der Waals surface area contributed by atoms with Crippen molar-refractivity contribution in [3.05, 3.63) is 59.7 Å². The van der Waals surface area contributed by atoms with Crippen LogP contribution in [0.5, 0.6) is 5.75 Å². The Bertz CT molecular complexity index is 990. The molecule has 0 bridgehead atoms. The Labute approximate surface area is 187 Å². The molecule has 8 nitrogen and oxygen atoms in total. The molecule has 0 unspecified atom stereocenters. The van der Waals surface area contributed by atoms with Crippen LogP contribution in [0, 0.1) is 0 Å². The Kier molecular flexibility index (Phi) is 6.30. The highest BCUT2D eigenvalue weighted by atomic mass is 16.5. The van der Waals surface area contributed by atoms with E-state index in [1.165, 1.54) is 5.56 Å². The zero-order chi connectivity index (χ0) is 22.7. The zero-order valence-electron chi connectivity index (χ0n) is 18.3. The summed E-state index contributed by atoms with van der Waals surface area (Å²) < 4.78 is 5.16. The summed E-state index contributed by atoms with van der Waals surface area (Å²) in [6.45, 7) is 2.39. The average Bonchev–Trinajstić information content (AvgIpc) is 3.22. The number of benzene rings is 2. The largest absolute Gasteiger partial charge is 0.497 e. The summed E-state index contributed by atoms with van der Waals surface area (Å²) in [7, 11) is 1.60. The van der Waals surface area contributed by atoms with Crippen LogP contribution in [-0.2, 0) is 22.4 Å². The monoisotopic (exact) mass is 436 g/mol. The molecule has 32 heavy (non-hydrogen) atoms. The Morgan fingerprint density at radius 3 is 2.44 bits per heavy atom. The van der Waals surface area contributed by atoms with Gasteiger partial charge in [0.2, 0.25) is 11.8 Å². The van der Waals surface area contributed by atoms with Gasteiger partial charge in [-0.2, -0.15) is 0 Å². The number of nitrogens with zero attached hydrogens (tertiary/aromatic N) is 1. The number of fused-ring (bicyclic) bond motifs is 1. The molecule has 2 fully saturated rings. The molecule has 2 aliphatic rings. The number of carbonyl (C=O) groups excluding carboxylic acids is 3. The Hall–Kier alpha value is -3.55. The average molecular weight is 437 g/mol. The predicted molar refractivity (Wildman–Crippen MR) is 121 cm³/mol. The molecule has 4 amide bonds. The molecule has 168 valence electrons. The van der Waals surface area contributed by atoms with Crippen LogP contribution in [-0.4, -0.2) is 54.5 Å². The van der Waals surface area contributed by atoms with E-state index in [1.807, 2.05) is 48.5 Å². The maximum atomic E-state index is 13.0. The fraction of sp³-hybridized carbons (Fsp3) is 0.375. The number of piperazine rings is 1. The highest BCUT2D eigenvalue weighted by Crippen LogP contribution is 2.24. The molecule has 0 radical (unpaired) electrons. The number of nitrogens with one attached hydrogen (secondary N) is 3. The molecule has 0 saturated carbocycles. The van der Waals surface area contributed by atoms with Crippen molar-refractivity contribution in [2.45, 2.75) is 44.3 Å². The fourth-order valence-corrected chi connectivity index (χ4v) is 4.27. The maximum absolute atomic E-state index is 13.0. The smallest absolute Gasteiger partial charge is 0.319 e. The number of anilines is 1. The van der Waals surface area contributed by atoms with Crippen LogP contribution >= 0.6 is 0 Å². The van der Waals surface area contributed by atoms with Gasteiger partial charge < -0.3 is 25.6 Å². The molecule has 0 aromatic heterocycles. The molecular formula is C24H28N4O4. The van der Waals surface area contributed by atoms with Gasteiger partial charge >= 0.3 is 6.03 Å². The van der Waals surface area contributed by atoms with E-state index in [-0.39, 0.29) is 23.9 Å². The first kappa shape index (κ1) is 21.7. The Balaban J connectivity index is 1.35. The number of hydrogen-bond acceptors (Lipinski definition) is 4. The quantitative estimate of drug-likeness (QED) is 0.646. The standard InChI is InChI=1S/C24H28N4O4/c1-3-15-4-8-17(9-5-15)25-24(31)26-18-13-21-22(29)27-20(23(30)28(21)14-18)12-16-6-10-19(32-2)11-7-16/h4-11,18,20-21H,3,12-14H2,1-2H3,(H,27,29)(H2,25,26,31)/t18-,20-,21-/m0/s1. The second-order valence-corrected chi connectivity index (χ2v) is 8.20. The number of carbonyl (C=O) groups is 3. The van der Waals surface area contributed by atoms with Crippen LogP contribution in [0.2, 0.25) is 0 Å². The van der Waals surface area contributed by atoms with E-state index in [0.29, 0.717) is 25.1 Å². The number of amides is 4. The predicted octanol–water partition coefficient (Wildman–Crippen LogP) is 2.09. The van der Waals surface area contributed by atoms with Gasteiger partial charge in [-0.3, -0.25) is 9.59 Å². The van der Waals surface area contributed by atoms with Crippen LogP contribution in [0.25, 0.3) is 0 Å². The van der Waals surface area contributed by atoms with Crippen LogP contribution < -0.4 is 20.7 Å². The second kappa shape index (κ2) is 9.30. The highest BCUT2D eigenvalue weighted by molar-refractivity contribution is 5.98. The third kappa shape index (κ3) is 4.69. The van der Waals surface area contributed by atoms with Gasteiger partial charge in [-0.05, 0) is 48.2 Å². The molecule has 3 atom stereocenters. The first-order chi connectivity index (χ1) is 15.5. The van der Waals surface area contributed by atoms with Crippen molar-refractivity contribution in [3.63, 3.8) is 0 Å². The lowest BCUT2D eigenvalue weighted by atomic mass is 10.0. The molecule has 8 heteroatoms. The van der Waals surface area contributed by atoms with E-state index in [9.17, 15) is 14.4 Å².